The van der Waals surface area contributed by atoms with E-state index in [2.05, 4.69) is 19.2 Å². The van der Waals surface area contributed by atoms with Crippen molar-refractivity contribution in [1.29, 1.82) is 0 Å². The summed E-state index contributed by atoms with van der Waals surface area (Å²) >= 11 is 5.60. The Kier molecular flexibility index (Phi) is 4.80. The lowest BCUT2D eigenvalue weighted by atomic mass is 9.78. The highest BCUT2D eigenvalue weighted by Gasteiger charge is 2.30. The van der Waals surface area contributed by atoms with Gasteiger partial charge in [-0.05, 0) is 25.2 Å². The van der Waals surface area contributed by atoms with E-state index in [-0.39, 0.29) is 6.03 Å². The van der Waals surface area contributed by atoms with E-state index >= 15 is 0 Å². The fraction of sp³-hybridized carbons (Fsp3) is 0.833. The van der Waals surface area contributed by atoms with Gasteiger partial charge in [0.1, 0.15) is 5.38 Å². The normalized spacial score (nSPS) is 20.8. The number of nitrogens with one attached hydrogen (secondary N) is 1. The molecule has 17 heavy (non-hydrogen) atoms. The summed E-state index contributed by atoms with van der Waals surface area (Å²) in [7, 11) is 0. The Morgan fingerprint density at radius 2 is 1.94 bits per heavy atom. The van der Waals surface area contributed by atoms with E-state index in [0.29, 0.717) is 18.5 Å². The Bertz CT molecular complexity index is 297. The number of amides is 3. The van der Waals surface area contributed by atoms with Crippen molar-refractivity contribution in [2.75, 3.05) is 13.1 Å². The molecular weight excluding hydrogens is 240 g/mol. The lowest BCUT2D eigenvalue weighted by Crippen LogP contribution is -2.49. The van der Waals surface area contributed by atoms with Crippen LogP contribution in [0, 0.1) is 5.41 Å². The number of hydrogen-bond acceptors (Lipinski definition) is 2. The van der Waals surface area contributed by atoms with Crippen LogP contribution in [-0.2, 0) is 4.79 Å². The van der Waals surface area contributed by atoms with Gasteiger partial charge in [0, 0.05) is 13.1 Å². The maximum Gasteiger partial charge on any atom is 0.324 e. The Morgan fingerprint density at radius 3 is 2.35 bits per heavy atom. The molecule has 1 aliphatic rings. The molecule has 1 atom stereocenters. The number of likely N-dealkylation sites (tertiary alicyclic amines) is 1. The van der Waals surface area contributed by atoms with Gasteiger partial charge in [0.05, 0.1) is 0 Å². The molecule has 1 heterocycles. The van der Waals surface area contributed by atoms with Crippen LogP contribution in [0.1, 0.15) is 40.0 Å². The standard InChI is InChI=1S/C12H21ClN2O2/c1-4-12(3)5-7-15(8-6-12)11(17)14-10(16)9(2)13/h9H,4-8H2,1-3H3,(H,14,16,17). The van der Waals surface area contributed by atoms with Crippen molar-refractivity contribution in [2.45, 2.75) is 45.4 Å². The predicted molar refractivity (Wildman–Crippen MR) is 68.1 cm³/mol. The summed E-state index contributed by atoms with van der Waals surface area (Å²) in [4.78, 5) is 24.7. The Hall–Kier alpha value is -0.770. The Labute approximate surface area is 108 Å². The lowest BCUT2D eigenvalue weighted by molar-refractivity contribution is -0.119. The van der Waals surface area contributed by atoms with E-state index in [1.165, 1.54) is 0 Å². The molecule has 4 nitrogen and oxygen atoms in total. The number of imide groups is 1. The number of halogens is 1. The van der Waals surface area contributed by atoms with Crippen molar-refractivity contribution < 1.29 is 9.59 Å². The molecule has 0 aromatic carbocycles. The van der Waals surface area contributed by atoms with Gasteiger partial charge in [-0.15, -0.1) is 11.6 Å². The van der Waals surface area contributed by atoms with Crippen molar-refractivity contribution >= 4 is 23.5 Å². The highest BCUT2D eigenvalue weighted by Crippen LogP contribution is 2.33. The molecule has 0 bridgehead atoms. The van der Waals surface area contributed by atoms with Gasteiger partial charge in [0.2, 0.25) is 5.91 Å². The number of hydrogen-bond donors (Lipinski definition) is 1. The largest absolute Gasteiger partial charge is 0.324 e. The van der Waals surface area contributed by atoms with Crippen LogP contribution in [0.25, 0.3) is 0 Å². The highest BCUT2D eigenvalue weighted by atomic mass is 35.5. The number of urea groups is 1. The molecule has 0 aromatic rings. The van der Waals surface area contributed by atoms with Gasteiger partial charge in [0.25, 0.3) is 0 Å². The average molecular weight is 261 g/mol. The summed E-state index contributed by atoms with van der Waals surface area (Å²) in [6.45, 7) is 7.39. The average Bonchev–Trinajstić information content (AvgIpc) is 2.29. The molecule has 0 aliphatic carbocycles. The van der Waals surface area contributed by atoms with Crippen molar-refractivity contribution in [3.05, 3.63) is 0 Å². The monoisotopic (exact) mass is 260 g/mol. The third-order valence-electron chi connectivity index (χ3n) is 3.70. The van der Waals surface area contributed by atoms with Gasteiger partial charge >= 0.3 is 6.03 Å². The second-order valence-electron chi connectivity index (χ2n) is 5.06. The molecular formula is C12H21ClN2O2. The first kappa shape index (κ1) is 14.3. The first-order valence-corrected chi connectivity index (χ1v) is 6.55. The SMILES string of the molecule is CCC1(C)CCN(C(=O)NC(=O)C(C)Cl)CC1. The topological polar surface area (TPSA) is 49.4 Å². The second-order valence-corrected chi connectivity index (χ2v) is 5.72. The zero-order valence-electron chi connectivity index (χ0n) is 10.8. The molecule has 0 saturated carbocycles. The predicted octanol–water partition coefficient (Wildman–Crippen LogP) is 2.36. The third kappa shape index (κ3) is 3.87. The second kappa shape index (κ2) is 5.71. The maximum absolute atomic E-state index is 11.7. The summed E-state index contributed by atoms with van der Waals surface area (Å²) in [5.41, 5.74) is 0.334. The maximum atomic E-state index is 11.7. The van der Waals surface area contributed by atoms with Crippen molar-refractivity contribution in [3.8, 4) is 0 Å². The number of alkyl halides is 1. The summed E-state index contributed by atoms with van der Waals surface area (Å²) in [6, 6.07) is -0.319. The summed E-state index contributed by atoms with van der Waals surface area (Å²) in [5.74, 6) is -0.430. The van der Waals surface area contributed by atoms with Crippen LogP contribution >= 0.6 is 11.6 Å². The van der Waals surface area contributed by atoms with E-state index in [1.807, 2.05) is 0 Å². The fourth-order valence-electron chi connectivity index (χ4n) is 1.89. The van der Waals surface area contributed by atoms with Gasteiger partial charge in [-0.2, -0.15) is 0 Å². The van der Waals surface area contributed by atoms with Crippen LogP contribution in [0.15, 0.2) is 0 Å². The van der Waals surface area contributed by atoms with E-state index in [9.17, 15) is 9.59 Å². The molecule has 1 N–H and O–H groups in total. The van der Waals surface area contributed by atoms with Gasteiger partial charge < -0.3 is 4.90 Å². The fourth-order valence-corrected chi connectivity index (χ4v) is 1.94. The quantitative estimate of drug-likeness (QED) is 0.775. The summed E-state index contributed by atoms with van der Waals surface area (Å²) in [5, 5.41) is 1.63. The summed E-state index contributed by atoms with van der Waals surface area (Å²) in [6.07, 6.45) is 3.10. The van der Waals surface area contributed by atoms with Crippen LogP contribution in [0.5, 0.6) is 0 Å². The minimum atomic E-state index is -0.676. The van der Waals surface area contributed by atoms with Crippen LogP contribution < -0.4 is 5.32 Å². The van der Waals surface area contributed by atoms with E-state index in [1.54, 1.807) is 11.8 Å². The van der Waals surface area contributed by atoms with E-state index in [0.717, 1.165) is 19.3 Å². The molecule has 1 saturated heterocycles. The van der Waals surface area contributed by atoms with Gasteiger partial charge in [-0.25, -0.2) is 4.79 Å². The number of nitrogens with zero attached hydrogens (tertiary/aromatic N) is 1. The smallest absolute Gasteiger partial charge is 0.324 e. The Balaban J connectivity index is 2.44. The summed E-state index contributed by atoms with van der Waals surface area (Å²) < 4.78 is 0. The van der Waals surface area contributed by atoms with Crippen molar-refractivity contribution in [1.82, 2.24) is 10.2 Å². The van der Waals surface area contributed by atoms with E-state index in [4.69, 9.17) is 11.6 Å². The molecule has 0 radical (unpaired) electrons. The molecule has 1 unspecified atom stereocenters. The number of rotatable bonds is 2. The zero-order valence-corrected chi connectivity index (χ0v) is 11.5. The molecule has 3 amide bonds. The Morgan fingerprint density at radius 1 is 1.41 bits per heavy atom. The minimum Gasteiger partial charge on any atom is -0.324 e. The number of piperidine rings is 1. The molecule has 98 valence electrons. The van der Waals surface area contributed by atoms with Crippen LogP contribution in [0.4, 0.5) is 4.79 Å². The van der Waals surface area contributed by atoms with Crippen LogP contribution in [-0.4, -0.2) is 35.3 Å². The first-order chi connectivity index (χ1) is 7.88. The third-order valence-corrected chi connectivity index (χ3v) is 3.90. The van der Waals surface area contributed by atoms with Gasteiger partial charge in [-0.3, -0.25) is 10.1 Å². The molecule has 1 fully saturated rings. The zero-order chi connectivity index (χ0) is 13.1. The van der Waals surface area contributed by atoms with Gasteiger partial charge in [-0.1, -0.05) is 20.3 Å². The lowest BCUT2D eigenvalue weighted by Gasteiger charge is -2.38. The highest BCUT2D eigenvalue weighted by molar-refractivity contribution is 6.31. The molecule has 0 aromatic heterocycles. The van der Waals surface area contributed by atoms with Crippen LogP contribution in [0.3, 0.4) is 0 Å². The minimum absolute atomic E-state index is 0.319. The van der Waals surface area contributed by atoms with Crippen LogP contribution in [0.2, 0.25) is 0 Å². The molecule has 5 heteroatoms. The van der Waals surface area contributed by atoms with E-state index < -0.39 is 11.3 Å². The van der Waals surface area contributed by atoms with Crippen molar-refractivity contribution in [3.63, 3.8) is 0 Å². The number of carbonyl (C=O) groups is 2. The first-order valence-electron chi connectivity index (χ1n) is 6.12. The number of carbonyl (C=O) groups excluding carboxylic acids is 2. The molecule has 0 spiro atoms. The van der Waals surface area contributed by atoms with Crippen molar-refractivity contribution in [2.24, 2.45) is 5.41 Å². The van der Waals surface area contributed by atoms with Gasteiger partial charge in [0.15, 0.2) is 0 Å². The molecule has 1 rings (SSSR count). The molecule has 1 aliphatic heterocycles.